The molecule has 5 nitrogen and oxygen atoms in total. The quantitative estimate of drug-likeness (QED) is 0.204. The summed E-state index contributed by atoms with van der Waals surface area (Å²) in [6.45, 7) is 17.4. The number of carbonyl (C=O) groups is 2. The van der Waals surface area contributed by atoms with Gasteiger partial charge in [-0.05, 0) is 127 Å². The van der Waals surface area contributed by atoms with Gasteiger partial charge in [-0.2, -0.15) is 0 Å². The van der Waals surface area contributed by atoms with Crippen LogP contribution in [0.3, 0.4) is 0 Å². The summed E-state index contributed by atoms with van der Waals surface area (Å²) in [6, 6.07) is 28.8. The molecule has 5 aliphatic rings. The van der Waals surface area contributed by atoms with Crippen molar-refractivity contribution in [2.75, 3.05) is 10.6 Å². The second-order valence-electron chi connectivity index (χ2n) is 20.8. The van der Waals surface area contributed by atoms with Crippen LogP contribution in [0.1, 0.15) is 113 Å². The lowest BCUT2D eigenvalue weighted by atomic mass is 9.33. The molecule has 4 fully saturated rings. The van der Waals surface area contributed by atoms with Crippen LogP contribution in [0.2, 0.25) is 0 Å². The van der Waals surface area contributed by atoms with Crippen LogP contribution in [0.15, 0.2) is 96.6 Å². The first-order valence-electron chi connectivity index (χ1n) is 21.6. The van der Waals surface area contributed by atoms with Crippen molar-refractivity contribution in [2.24, 2.45) is 50.2 Å². The number of hydrogen-bond donors (Lipinski definition) is 2. The Kier molecular flexibility index (Phi) is 8.66. The van der Waals surface area contributed by atoms with E-state index >= 15 is 0 Å². The molecule has 0 saturated heterocycles. The summed E-state index contributed by atoms with van der Waals surface area (Å²) in [4.78, 5) is 28.5. The SMILES string of the molecule is CC1(C)CC[C@]2(C(=O)Nc3cccc4ccccc34)CC[C@]3(C)C(=CC[C@@H]4[C@@]5(C)CC[C@H](OC(=O)Nc6cccc7ccccc67)C(C)(C)[C@@H]5CC[C@]43C)[C@H]2C1. The molecule has 5 heteroatoms. The molecular formula is C51H62N2O3. The van der Waals surface area contributed by atoms with Crippen molar-refractivity contribution in [1.29, 1.82) is 0 Å². The fourth-order valence-electron chi connectivity index (χ4n) is 14.0. The molecule has 56 heavy (non-hydrogen) atoms. The second kappa shape index (κ2) is 12.9. The zero-order valence-electron chi connectivity index (χ0n) is 34.8. The summed E-state index contributed by atoms with van der Waals surface area (Å²) in [7, 11) is 0. The van der Waals surface area contributed by atoms with Gasteiger partial charge >= 0.3 is 6.09 Å². The predicted molar refractivity (Wildman–Crippen MR) is 229 cm³/mol. The van der Waals surface area contributed by atoms with Gasteiger partial charge < -0.3 is 10.1 Å². The number of hydrogen-bond acceptors (Lipinski definition) is 3. The van der Waals surface area contributed by atoms with Gasteiger partial charge in [-0.25, -0.2) is 4.79 Å². The molecule has 0 aromatic heterocycles. The Bertz CT molecular complexity index is 2240. The van der Waals surface area contributed by atoms with E-state index in [4.69, 9.17) is 4.74 Å². The zero-order chi connectivity index (χ0) is 39.3. The first kappa shape index (κ1) is 37.5. The van der Waals surface area contributed by atoms with E-state index in [0.717, 1.165) is 97.1 Å². The molecule has 0 unspecified atom stereocenters. The summed E-state index contributed by atoms with van der Waals surface area (Å²) in [5.74, 6) is 1.44. The molecule has 2 N–H and O–H groups in total. The Hall–Kier alpha value is -4.12. The first-order chi connectivity index (χ1) is 26.6. The maximum absolute atomic E-state index is 14.9. The number of benzene rings is 4. The Balaban J connectivity index is 0.990. The Morgan fingerprint density at radius 2 is 1.25 bits per heavy atom. The van der Waals surface area contributed by atoms with Crippen LogP contribution in [0.4, 0.5) is 16.2 Å². The molecule has 4 aromatic carbocycles. The Labute approximate surface area is 334 Å². The third kappa shape index (κ3) is 5.52. The van der Waals surface area contributed by atoms with Gasteiger partial charge in [0, 0.05) is 21.9 Å². The van der Waals surface area contributed by atoms with Crippen molar-refractivity contribution in [3.63, 3.8) is 0 Å². The average Bonchev–Trinajstić information content (AvgIpc) is 3.16. The van der Waals surface area contributed by atoms with Crippen LogP contribution in [-0.2, 0) is 9.53 Å². The molecule has 0 radical (unpaired) electrons. The summed E-state index contributed by atoms with van der Waals surface area (Å²) >= 11 is 0. The molecule has 9 rings (SSSR count). The maximum atomic E-state index is 14.9. The monoisotopic (exact) mass is 750 g/mol. The van der Waals surface area contributed by atoms with E-state index in [1.165, 1.54) is 0 Å². The highest BCUT2D eigenvalue weighted by Gasteiger charge is 2.69. The minimum absolute atomic E-state index is 0.0288. The molecule has 294 valence electrons. The van der Waals surface area contributed by atoms with Crippen LogP contribution in [-0.4, -0.2) is 18.1 Å². The summed E-state index contributed by atoms with van der Waals surface area (Å²) in [5, 5.41) is 11.0. The topological polar surface area (TPSA) is 67.4 Å². The molecule has 4 aromatic rings. The van der Waals surface area contributed by atoms with Crippen molar-refractivity contribution in [3.05, 3.63) is 96.6 Å². The van der Waals surface area contributed by atoms with Crippen LogP contribution in [0.5, 0.6) is 0 Å². The largest absolute Gasteiger partial charge is 0.445 e. The van der Waals surface area contributed by atoms with Crippen molar-refractivity contribution in [2.45, 2.75) is 119 Å². The first-order valence-corrected chi connectivity index (χ1v) is 21.6. The molecule has 0 bridgehead atoms. The number of ether oxygens (including phenoxy) is 1. The van der Waals surface area contributed by atoms with Gasteiger partial charge in [0.05, 0.1) is 11.1 Å². The minimum atomic E-state index is -0.397. The summed E-state index contributed by atoms with van der Waals surface area (Å²) in [5.41, 5.74) is 3.22. The minimum Gasteiger partial charge on any atom is -0.445 e. The number of carbonyl (C=O) groups excluding carboxylic acids is 2. The van der Waals surface area contributed by atoms with Crippen LogP contribution >= 0.6 is 0 Å². The van der Waals surface area contributed by atoms with Crippen LogP contribution in [0, 0.1) is 50.2 Å². The van der Waals surface area contributed by atoms with Crippen LogP contribution < -0.4 is 10.6 Å². The number of allylic oxidation sites excluding steroid dienone is 2. The number of amides is 2. The normalized spacial score (nSPS) is 35.5. The predicted octanol–water partition coefficient (Wildman–Crippen LogP) is 13.4. The van der Waals surface area contributed by atoms with Gasteiger partial charge in [0.25, 0.3) is 0 Å². The molecule has 0 heterocycles. The molecule has 4 saturated carbocycles. The van der Waals surface area contributed by atoms with Gasteiger partial charge in [0.1, 0.15) is 6.10 Å². The molecular weight excluding hydrogens is 689 g/mol. The van der Waals surface area contributed by atoms with Gasteiger partial charge in [-0.3, -0.25) is 10.1 Å². The fraction of sp³-hybridized carbons (Fsp3) is 0.529. The molecule has 8 atom stereocenters. The fourth-order valence-corrected chi connectivity index (χ4v) is 14.0. The standard InChI is InChI=1S/C51H62N2O3/c1-46(2)28-30-51(44(54)52-39-20-12-16-33-14-8-10-18-35(33)39)31-29-49(6)37(38(51)32-46)22-23-42-48(5)26-25-43(47(3,4)41(48)24-27-50(42,49)7)56-45(55)53-40-21-13-17-34-15-9-11-19-36(34)40/h8-22,38,41-43H,23-32H2,1-7H3,(H,52,54)(H,53,55)/t38-,41+,42-,43+,48+,49-,50-,51+/m1/s1. The van der Waals surface area contributed by atoms with E-state index < -0.39 is 5.41 Å². The van der Waals surface area contributed by atoms with E-state index in [1.807, 2.05) is 30.3 Å². The van der Waals surface area contributed by atoms with Gasteiger partial charge in [0.15, 0.2) is 0 Å². The summed E-state index contributed by atoms with van der Waals surface area (Å²) in [6.07, 6.45) is 12.5. The maximum Gasteiger partial charge on any atom is 0.411 e. The summed E-state index contributed by atoms with van der Waals surface area (Å²) < 4.78 is 6.40. The van der Waals surface area contributed by atoms with Gasteiger partial charge in [0.2, 0.25) is 5.91 Å². The van der Waals surface area contributed by atoms with Crippen molar-refractivity contribution in [1.82, 2.24) is 0 Å². The second-order valence-corrected chi connectivity index (χ2v) is 20.8. The molecule has 2 amide bonds. The average molecular weight is 751 g/mol. The number of anilines is 2. The van der Waals surface area contributed by atoms with E-state index in [2.05, 4.69) is 120 Å². The van der Waals surface area contributed by atoms with Gasteiger partial charge in [-0.1, -0.05) is 133 Å². The van der Waals surface area contributed by atoms with E-state index in [9.17, 15) is 9.59 Å². The van der Waals surface area contributed by atoms with Crippen molar-refractivity contribution < 1.29 is 14.3 Å². The highest BCUT2D eigenvalue weighted by molar-refractivity contribution is 6.04. The van der Waals surface area contributed by atoms with E-state index in [0.29, 0.717) is 11.8 Å². The molecule has 0 aliphatic heterocycles. The number of fused-ring (bicyclic) bond motifs is 9. The lowest BCUT2D eigenvalue weighted by molar-refractivity contribution is -0.202. The van der Waals surface area contributed by atoms with E-state index in [1.54, 1.807) is 5.57 Å². The number of rotatable bonds is 4. The third-order valence-corrected chi connectivity index (χ3v) is 17.3. The molecule has 5 aliphatic carbocycles. The van der Waals surface area contributed by atoms with E-state index in [-0.39, 0.29) is 51.1 Å². The van der Waals surface area contributed by atoms with Crippen LogP contribution in [0.25, 0.3) is 21.5 Å². The Morgan fingerprint density at radius 3 is 1.93 bits per heavy atom. The van der Waals surface area contributed by atoms with Gasteiger partial charge in [-0.15, -0.1) is 0 Å². The smallest absolute Gasteiger partial charge is 0.411 e. The lowest BCUT2D eigenvalue weighted by Gasteiger charge is -2.71. The Morgan fingerprint density at radius 1 is 0.643 bits per heavy atom. The highest BCUT2D eigenvalue weighted by Crippen LogP contribution is 2.76. The van der Waals surface area contributed by atoms with Crippen molar-refractivity contribution in [3.8, 4) is 0 Å². The highest BCUT2D eigenvalue weighted by atomic mass is 16.6. The number of nitrogens with one attached hydrogen (secondary N) is 2. The van der Waals surface area contributed by atoms with Crippen molar-refractivity contribution >= 4 is 44.9 Å². The lowest BCUT2D eigenvalue weighted by Crippen LogP contribution is -2.65. The molecule has 0 spiro atoms. The zero-order valence-corrected chi connectivity index (χ0v) is 34.8. The third-order valence-electron chi connectivity index (χ3n) is 17.3.